The summed E-state index contributed by atoms with van der Waals surface area (Å²) in [4.78, 5) is 15.5. The van der Waals surface area contributed by atoms with Gasteiger partial charge in [0.25, 0.3) is 0 Å². The Morgan fingerprint density at radius 2 is 2.10 bits per heavy atom. The van der Waals surface area contributed by atoms with Crippen molar-refractivity contribution < 1.29 is 4.79 Å². The molecule has 0 aliphatic carbocycles. The molecule has 1 aliphatic rings. The van der Waals surface area contributed by atoms with E-state index in [1.54, 1.807) is 0 Å². The maximum Gasteiger partial charge on any atom is 0.225 e. The highest BCUT2D eigenvalue weighted by Gasteiger charge is 2.15. The lowest BCUT2D eigenvalue weighted by Crippen LogP contribution is -2.20. The van der Waals surface area contributed by atoms with Gasteiger partial charge in [0.05, 0.1) is 0 Å². The highest BCUT2D eigenvalue weighted by atomic mass is 16.1. The molecule has 1 N–H and O–H groups in total. The third-order valence-corrected chi connectivity index (χ3v) is 3.19. The molecule has 108 valence electrons. The Morgan fingerprint density at radius 3 is 2.85 bits per heavy atom. The van der Waals surface area contributed by atoms with Crippen LogP contribution in [0.15, 0.2) is 12.3 Å². The van der Waals surface area contributed by atoms with Gasteiger partial charge in [0.1, 0.15) is 5.82 Å². The Balaban J connectivity index is 0.000000956. The van der Waals surface area contributed by atoms with E-state index in [1.165, 1.54) is 5.56 Å². The third-order valence-electron chi connectivity index (χ3n) is 3.19. The molecular weight excluding hydrogens is 248 g/mol. The van der Waals surface area contributed by atoms with Crippen LogP contribution in [0.25, 0.3) is 0 Å². The number of unbranched alkanes of at least 4 members (excludes halogenated alkanes) is 3. The van der Waals surface area contributed by atoms with E-state index in [2.05, 4.69) is 22.3 Å². The van der Waals surface area contributed by atoms with Gasteiger partial charge in [-0.05, 0) is 36.8 Å². The number of aromatic nitrogens is 1. The summed E-state index contributed by atoms with van der Waals surface area (Å²) >= 11 is 0. The quantitative estimate of drug-likeness (QED) is 0.655. The molecular formula is C17H24N2O. The van der Waals surface area contributed by atoms with Crippen molar-refractivity contribution >= 4 is 11.7 Å². The Labute approximate surface area is 122 Å². The third kappa shape index (κ3) is 5.05. The molecule has 0 aromatic carbocycles. The number of hydrogen-bond acceptors (Lipinski definition) is 2. The normalized spacial score (nSPS) is 12.6. The van der Waals surface area contributed by atoms with Gasteiger partial charge in [-0.15, -0.1) is 12.3 Å². The first-order chi connectivity index (χ1) is 9.79. The molecule has 0 unspecified atom stereocenters. The van der Waals surface area contributed by atoms with E-state index in [-0.39, 0.29) is 5.91 Å². The number of fused-ring (bicyclic) bond motifs is 1. The van der Waals surface area contributed by atoms with E-state index in [1.807, 2.05) is 20.0 Å². The zero-order valence-corrected chi connectivity index (χ0v) is 12.5. The molecule has 1 amide bonds. The first-order valence-electron chi connectivity index (χ1n) is 7.50. The van der Waals surface area contributed by atoms with Crippen LogP contribution < -0.4 is 5.32 Å². The smallest absolute Gasteiger partial charge is 0.225 e. The van der Waals surface area contributed by atoms with Crippen LogP contribution in [0.2, 0.25) is 0 Å². The monoisotopic (exact) mass is 272 g/mol. The van der Waals surface area contributed by atoms with Crippen molar-refractivity contribution in [3.63, 3.8) is 0 Å². The number of carbonyl (C=O) groups is 1. The second kappa shape index (κ2) is 9.14. The van der Waals surface area contributed by atoms with Crippen LogP contribution in [0.3, 0.4) is 0 Å². The first kappa shape index (κ1) is 16.2. The Hall–Kier alpha value is -1.82. The summed E-state index contributed by atoms with van der Waals surface area (Å²) in [7, 11) is 0. The molecule has 0 atom stereocenters. The van der Waals surface area contributed by atoms with Gasteiger partial charge in [-0.25, -0.2) is 4.98 Å². The number of nitrogens with one attached hydrogen (secondary N) is 1. The van der Waals surface area contributed by atoms with E-state index in [0.717, 1.165) is 49.9 Å². The van der Waals surface area contributed by atoms with Crippen molar-refractivity contribution in [2.75, 3.05) is 5.32 Å². The minimum atomic E-state index is 0.0667. The maximum atomic E-state index is 11.2. The standard InChI is InChI=1S/C15H18N2O.C2H6/c1-2-3-4-5-6-7-12-10-13-8-9-14(18)17-15(13)16-11-12;1-2/h1,10-11H,3-9H2,(H,16,17,18);1-2H3. The maximum absolute atomic E-state index is 11.2. The number of hydrogen-bond donors (Lipinski definition) is 1. The van der Waals surface area contributed by atoms with Crippen LogP contribution in [-0.2, 0) is 17.6 Å². The molecule has 20 heavy (non-hydrogen) atoms. The Kier molecular flexibility index (Phi) is 7.42. The van der Waals surface area contributed by atoms with E-state index in [4.69, 9.17) is 6.42 Å². The summed E-state index contributed by atoms with van der Waals surface area (Å²) in [6.45, 7) is 4.00. The number of carbonyl (C=O) groups excluding carboxylic acids is 1. The molecule has 0 bridgehead atoms. The number of nitrogens with zero attached hydrogens (tertiary/aromatic N) is 1. The largest absolute Gasteiger partial charge is 0.310 e. The van der Waals surface area contributed by atoms with Crippen LogP contribution in [0, 0.1) is 12.3 Å². The number of anilines is 1. The number of pyridine rings is 1. The SMILES string of the molecule is C#CCCCCCc1cnc2c(c1)CCC(=O)N2.CC. The first-order valence-corrected chi connectivity index (χ1v) is 7.50. The highest BCUT2D eigenvalue weighted by Crippen LogP contribution is 2.21. The summed E-state index contributed by atoms with van der Waals surface area (Å²) in [6, 6.07) is 2.17. The average Bonchev–Trinajstić information content (AvgIpc) is 2.49. The van der Waals surface area contributed by atoms with E-state index in [0.29, 0.717) is 6.42 Å². The molecule has 1 aromatic heterocycles. The van der Waals surface area contributed by atoms with Gasteiger partial charge in [0.15, 0.2) is 0 Å². The lowest BCUT2D eigenvalue weighted by molar-refractivity contribution is -0.116. The minimum Gasteiger partial charge on any atom is -0.310 e. The highest BCUT2D eigenvalue weighted by molar-refractivity contribution is 5.92. The predicted molar refractivity (Wildman–Crippen MR) is 83.5 cm³/mol. The fraction of sp³-hybridized carbons (Fsp3) is 0.529. The fourth-order valence-corrected chi connectivity index (χ4v) is 2.18. The number of terminal acetylenes is 1. The molecule has 0 spiro atoms. The van der Waals surface area contributed by atoms with Crippen LogP contribution in [-0.4, -0.2) is 10.9 Å². The second-order valence-electron chi connectivity index (χ2n) is 4.66. The van der Waals surface area contributed by atoms with Gasteiger partial charge in [-0.1, -0.05) is 26.3 Å². The van der Waals surface area contributed by atoms with Gasteiger partial charge in [-0.2, -0.15) is 0 Å². The predicted octanol–water partition coefficient (Wildman–Crippen LogP) is 3.73. The zero-order valence-electron chi connectivity index (χ0n) is 12.5. The minimum absolute atomic E-state index is 0.0667. The summed E-state index contributed by atoms with van der Waals surface area (Å²) < 4.78 is 0. The summed E-state index contributed by atoms with van der Waals surface area (Å²) in [6.07, 6.45) is 13.8. The van der Waals surface area contributed by atoms with E-state index in [9.17, 15) is 4.79 Å². The van der Waals surface area contributed by atoms with E-state index < -0.39 is 0 Å². The summed E-state index contributed by atoms with van der Waals surface area (Å²) in [5, 5.41) is 2.80. The van der Waals surface area contributed by atoms with Crippen LogP contribution in [0.1, 0.15) is 57.1 Å². The zero-order chi connectivity index (χ0) is 14.8. The average molecular weight is 272 g/mol. The van der Waals surface area contributed by atoms with Crippen molar-refractivity contribution in [1.82, 2.24) is 4.98 Å². The van der Waals surface area contributed by atoms with Gasteiger partial charge >= 0.3 is 0 Å². The van der Waals surface area contributed by atoms with Crippen LogP contribution in [0.4, 0.5) is 5.82 Å². The van der Waals surface area contributed by atoms with Crippen molar-refractivity contribution in [2.24, 2.45) is 0 Å². The molecule has 0 fully saturated rings. The lowest BCUT2D eigenvalue weighted by Gasteiger charge is -2.16. The van der Waals surface area contributed by atoms with Gasteiger partial charge in [-0.3, -0.25) is 4.79 Å². The van der Waals surface area contributed by atoms with Gasteiger partial charge < -0.3 is 5.32 Å². The van der Waals surface area contributed by atoms with Crippen molar-refractivity contribution in [1.29, 1.82) is 0 Å². The Bertz CT molecular complexity index is 474. The molecule has 3 heteroatoms. The fourth-order valence-electron chi connectivity index (χ4n) is 2.18. The second-order valence-corrected chi connectivity index (χ2v) is 4.66. The lowest BCUT2D eigenvalue weighted by atomic mass is 10.0. The summed E-state index contributed by atoms with van der Waals surface area (Å²) in [5.41, 5.74) is 2.42. The van der Waals surface area contributed by atoms with Crippen molar-refractivity contribution in [3.05, 3.63) is 23.4 Å². The molecule has 1 aromatic rings. The molecule has 2 heterocycles. The molecule has 3 nitrogen and oxygen atoms in total. The number of aryl methyl sites for hydroxylation is 2. The summed E-state index contributed by atoms with van der Waals surface area (Å²) in [5.74, 6) is 3.46. The van der Waals surface area contributed by atoms with Crippen molar-refractivity contribution in [3.8, 4) is 12.3 Å². The topological polar surface area (TPSA) is 42.0 Å². The molecule has 0 saturated heterocycles. The molecule has 1 aliphatic heterocycles. The molecule has 2 rings (SSSR count). The molecule has 0 saturated carbocycles. The van der Waals surface area contributed by atoms with E-state index >= 15 is 0 Å². The Morgan fingerprint density at radius 1 is 1.30 bits per heavy atom. The van der Waals surface area contributed by atoms with Crippen molar-refractivity contribution in [2.45, 2.75) is 58.8 Å². The van der Waals surface area contributed by atoms with Crippen LogP contribution >= 0.6 is 0 Å². The number of rotatable bonds is 5. The number of amides is 1. The molecule has 0 radical (unpaired) electrons. The van der Waals surface area contributed by atoms with Crippen LogP contribution in [0.5, 0.6) is 0 Å². The van der Waals surface area contributed by atoms with Gasteiger partial charge in [0, 0.05) is 19.0 Å². The van der Waals surface area contributed by atoms with Gasteiger partial charge in [0.2, 0.25) is 5.91 Å².